The number of rotatable bonds is 8. The standard InChI is InChI=1S/C12H24N2O3S/c1-17-8-6-12(4-5-12)10-14-18(15,16)9-11-3-2-7-13-11/h11,13-14H,2-10H2,1H3. The first-order chi connectivity index (χ1) is 8.55. The molecular formula is C12H24N2O3S. The molecule has 1 saturated carbocycles. The van der Waals surface area contributed by atoms with E-state index in [0.717, 1.165) is 38.6 Å². The van der Waals surface area contributed by atoms with E-state index in [1.165, 1.54) is 0 Å². The van der Waals surface area contributed by atoms with Gasteiger partial charge in [0, 0.05) is 26.3 Å². The van der Waals surface area contributed by atoms with E-state index in [1.54, 1.807) is 7.11 Å². The minimum absolute atomic E-state index is 0.136. The Morgan fingerprint density at radius 2 is 2.22 bits per heavy atom. The molecule has 1 heterocycles. The molecule has 106 valence electrons. The van der Waals surface area contributed by atoms with E-state index in [1.807, 2.05) is 0 Å². The molecule has 6 heteroatoms. The summed E-state index contributed by atoms with van der Waals surface area (Å²) in [5.74, 6) is 0.216. The zero-order chi connectivity index (χ0) is 13.1. The van der Waals surface area contributed by atoms with Gasteiger partial charge in [-0.3, -0.25) is 0 Å². The van der Waals surface area contributed by atoms with E-state index < -0.39 is 10.0 Å². The highest BCUT2D eigenvalue weighted by Crippen LogP contribution is 2.48. The predicted molar refractivity (Wildman–Crippen MR) is 71.0 cm³/mol. The molecule has 0 spiro atoms. The summed E-state index contributed by atoms with van der Waals surface area (Å²) in [6.45, 7) is 2.23. The van der Waals surface area contributed by atoms with Gasteiger partial charge in [-0.1, -0.05) is 0 Å². The molecule has 1 atom stereocenters. The molecule has 18 heavy (non-hydrogen) atoms. The Kier molecular flexibility index (Phi) is 4.64. The lowest BCUT2D eigenvalue weighted by molar-refractivity contribution is 0.173. The summed E-state index contributed by atoms with van der Waals surface area (Å²) in [6.07, 6.45) is 5.22. The van der Waals surface area contributed by atoms with Crippen LogP contribution < -0.4 is 10.0 Å². The van der Waals surface area contributed by atoms with Crippen LogP contribution in [0, 0.1) is 5.41 Å². The number of sulfonamides is 1. The van der Waals surface area contributed by atoms with Crippen molar-refractivity contribution in [2.75, 3.05) is 32.6 Å². The molecular weight excluding hydrogens is 252 g/mol. The van der Waals surface area contributed by atoms with Crippen molar-refractivity contribution in [1.29, 1.82) is 0 Å². The van der Waals surface area contributed by atoms with Crippen LogP contribution in [0.1, 0.15) is 32.1 Å². The SMILES string of the molecule is COCCC1(CNS(=O)(=O)CC2CCCN2)CC1. The largest absolute Gasteiger partial charge is 0.385 e. The number of ether oxygens (including phenoxy) is 1. The van der Waals surface area contributed by atoms with Crippen molar-refractivity contribution in [3.05, 3.63) is 0 Å². The van der Waals surface area contributed by atoms with E-state index in [-0.39, 0.29) is 17.2 Å². The number of methoxy groups -OCH3 is 1. The third kappa shape index (κ3) is 4.19. The summed E-state index contributed by atoms with van der Waals surface area (Å²) in [7, 11) is -1.45. The van der Waals surface area contributed by atoms with E-state index in [2.05, 4.69) is 10.0 Å². The number of nitrogens with one attached hydrogen (secondary N) is 2. The first kappa shape index (κ1) is 14.2. The van der Waals surface area contributed by atoms with Crippen molar-refractivity contribution in [1.82, 2.24) is 10.0 Å². The van der Waals surface area contributed by atoms with Crippen LogP contribution in [-0.2, 0) is 14.8 Å². The lowest BCUT2D eigenvalue weighted by Crippen LogP contribution is -2.39. The monoisotopic (exact) mass is 276 g/mol. The fourth-order valence-corrected chi connectivity index (χ4v) is 3.95. The third-order valence-electron chi connectivity index (χ3n) is 4.04. The van der Waals surface area contributed by atoms with Gasteiger partial charge in [0.2, 0.25) is 10.0 Å². The lowest BCUT2D eigenvalue weighted by Gasteiger charge is -2.17. The highest BCUT2D eigenvalue weighted by molar-refractivity contribution is 7.89. The highest BCUT2D eigenvalue weighted by atomic mass is 32.2. The van der Waals surface area contributed by atoms with Crippen LogP contribution in [0.2, 0.25) is 0 Å². The van der Waals surface area contributed by atoms with Crippen molar-refractivity contribution < 1.29 is 13.2 Å². The highest BCUT2D eigenvalue weighted by Gasteiger charge is 2.42. The summed E-state index contributed by atoms with van der Waals surface area (Å²) in [5, 5.41) is 3.22. The van der Waals surface area contributed by atoms with Gasteiger partial charge in [-0.25, -0.2) is 13.1 Å². The molecule has 1 aliphatic heterocycles. The minimum atomic E-state index is -3.14. The van der Waals surface area contributed by atoms with Gasteiger partial charge in [-0.15, -0.1) is 0 Å². The second-order valence-corrected chi connectivity index (χ2v) is 7.49. The van der Waals surface area contributed by atoms with Crippen molar-refractivity contribution in [2.24, 2.45) is 5.41 Å². The van der Waals surface area contributed by atoms with Crippen molar-refractivity contribution in [3.8, 4) is 0 Å². The fraction of sp³-hybridized carbons (Fsp3) is 1.00. The molecule has 0 aromatic heterocycles. The van der Waals surface area contributed by atoms with Crippen molar-refractivity contribution >= 4 is 10.0 Å². The van der Waals surface area contributed by atoms with Crippen LogP contribution in [0.5, 0.6) is 0 Å². The minimum Gasteiger partial charge on any atom is -0.385 e. The lowest BCUT2D eigenvalue weighted by atomic mass is 10.0. The zero-order valence-corrected chi connectivity index (χ0v) is 11.9. The molecule has 2 rings (SSSR count). The van der Waals surface area contributed by atoms with Gasteiger partial charge in [0.25, 0.3) is 0 Å². The second-order valence-electron chi connectivity index (χ2n) is 5.64. The maximum absolute atomic E-state index is 12.0. The Morgan fingerprint density at radius 3 is 2.78 bits per heavy atom. The smallest absolute Gasteiger partial charge is 0.213 e. The molecule has 5 nitrogen and oxygen atoms in total. The van der Waals surface area contributed by atoms with E-state index in [0.29, 0.717) is 13.2 Å². The van der Waals surface area contributed by atoms with Gasteiger partial charge in [0.05, 0.1) is 5.75 Å². The second kappa shape index (κ2) is 5.86. The molecule has 2 fully saturated rings. The van der Waals surface area contributed by atoms with Crippen LogP contribution in [0.4, 0.5) is 0 Å². The summed E-state index contributed by atoms with van der Waals surface area (Å²) >= 11 is 0. The van der Waals surface area contributed by atoms with Gasteiger partial charge in [0.15, 0.2) is 0 Å². The van der Waals surface area contributed by atoms with Gasteiger partial charge in [-0.2, -0.15) is 0 Å². The molecule has 0 aromatic rings. The summed E-state index contributed by atoms with van der Waals surface area (Å²) in [6, 6.07) is 0.136. The summed E-state index contributed by atoms with van der Waals surface area (Å²) in [5.41, 5.74) is 0.173. The molecule has 2 N–H and O–H groups in total. The topological polar surface area (TPSA) is 67.4 Å². The summed E-state index contributed by atoms with van der Waals surface area (Å²) < 4.78 is 31.7. The molecule has 0 radical (unpaired) electrons. The Balaban J connectivity index is 1.74. The van der Waals surface area contributed by atoms with Crippen LogP contribution in [-0.4, -0.2) is 47.0 Å². The third-order valence-corrected chi connectivity index (χ3v) is 5.47. The number of hydrogen-bond acceptors (Lipinski definition) is 4. The first-order valence-electron chi connectivity index (χ1n) is 6.75. The van der Waals surface area contributed by atoms with Crippen molar-refractivity contribution in [2.45, 2.75) is 38.1 Å². The predicted octanol–water partition coefficient (Wildman–Crippen LogP) is 0.475. The average molecular weight is 276 g/mol. The molecule has 0 aromatic carbocycles. The van der Waals surface area contributed by atoms with Crippen LogP contribution in [0.15, 0.2) is 0 Å². The van der Waals surface area contributed by atoms with E-state index >= 15 is 0 Å². The normalized spacial score (nSPS) is 26.4. The van der Waals surface area contributed by atoms with E-state index in [4.69, 9.17) is 4.74 Å². The number of hydrogen-bond donors (Lipinski definition) is 2. The molecule has 0 bridgehead atoms. The Bertz CT molecular complexity index is 360. The van der Waals surface area contributed by atoms with Gasteiger partial charge < -0.3 is 10.1 Å². The van der Waals surface area contributed by atoms with Gasteiger partial charge in [-0.05, 0) is 44.1 Å². The maximum Gasteiger partial charge on any atom is 0.213 e. The van der Waals surface area contributed by atoms with Gasteiger partial charge in [0.1, 0.15) is 0 Å². The van der Waals surface area contributed by atoms with Crippen LogP contribution >= 0.6 is 0 Å². The zero-order valence-electron chi connectivity index (χ0n) is 11.1. The fourth-order valence-electron chi connectivity index (χ4n) is 2.50. The molecule has 0 amide bonds. The quantitative estimate of drug-likeness (QED) is 0.676. The first-order valence-corrected chi connectivity index (χ1v) is 8.40. The molecule has 1 aliphatic carbocycles. The van der Waals surface area contributed by atoms with E-state index in [9.17, 15) is 8.42 Å². The van der Waals surface area contributed by atoms with Crippen LogP contribution in [0.3, 0.4) is 0 Å². The molecule has 1 saturated heterocycles. The average Bonchev–Trinajstić information content (AvgIpc) is 2.93. The molecule has 1 unspecified atom stereocenters. The Morgan fingerprint density at radius 1 is 1.44 bits per heavy atom. The summed E-state index contributed by atoms with van der Waals surface area (Å²) in [4.78, 5) is 0. The van der Waals surface area contributed by atoms with Crippen molar-refractivity contribution in [3.63, 3.8) is 0 Å². The Hall–Kier alpha value is -0.170. The maximum atomic E-state index is 12.0. The molecule has 2 aliphatic rings. The Labute approximate surface area is 110 Å². The van der Waals surface area contributed by atoms with Gasteiger partial charge >= 0.3 is 0 Å². The van der Waals surface area contributed by atoms with Crippen LogP contribution in [0.25, 0.3) is 0 Å².